The molecule has 2 N–H and O–H groups in total. The quantitative estimate of drug-likeness (QED) is 0.905. The van der Waals surface area contributed by atoms with Gasteiger partial charge in [-0.15, -0.1) is 0 Å². The number of rotatable bonds is 3. The lowest BCUT2D eigenvalue weighted by atomic mass is 9.99. The van der Waals surface area contributed by atoms with Crippen molar-refractivity contribution >= 4 is 23.1 Å². The van der Waals surface area contributed by atoms with Crippen LogP contribution in [-0.2, 0) is 0 Å². The van der Waals surface area contributed by atoms with Gasteiger partial charge in [-0.3, -0.25) is 0 Å². The Morgan fingerprint density at radius 2 is 1.46 bits per heavy atom. The van der Waals surface area contributed by atoms with Crippen LogP contribution in [0.3, 0.4) is 0 Å². The van der Waals surface area contributed by atoms with Gasteiger partial charge in [-0.25, -0.2) is 15.0 Å². The Morgan fingerprint density at radius 3 is 2.08 bits per heavy atom. The lowest BCUT2D eigenvalue weighted by Crippen LogP contribution is -2.47. The average Bonchev–Trinajstić information content (AvgIpc) is 2.70. The summed E-state index contributed by atoms with van der Waals surface area (Å²) in [4.78, 5) is 20.3. The van der Waals surface area contributed by atoms with Crippen molar-refractivity contribution in [2.45, 2.75) is 19.8 Å². The minimum absolute atomic E-state index is 0.716. The van der Waals surface area contributed by atoms with Crippen molar-refractivity contribution in [3.8, 4) is 0 Å². The molecule has 4 heterocycles. The van der Waals surface area contributed by atoms with E-state index in [9.17, 15) is 0 Å². The zero-order valence-corrected chi connectivity index (χ0v) is 15.4. The number of nitrogen functional groups attached to an aromatic ring is 1. The monoisotopic (exact) mass is 353 g/mol. The summed E-state index contributed by atoms with van der Waals surface area (Å²) in [6, 6.07) is 6.04. The summed E-state index contributed by atoms with van der Waals surface area (Å²) in [5.74, 6) is 3.59. The molecule has 2 aliphatic heterocycles. The maximum atomic E-state index is 6.49. The maximum Gasteiger partial charge on any atom is 0.157 e. The first-order valence-corrected chi connectivity index (χ1v) is 9.48. The van der Waals surface area contributed by atoms with Crippen LogP contribution in [0.2, 0.25) is 0 Å². The molecule has 2 fully saturated rings. The van der Waals surface area contributed by atoms with E-state index in [4.69, 9.17) is 5.73 Å². The van der Waals surface area contributed by atoms with Gasteiger partial charge in [-0.1, -0.05) is 13.0 Å². The van der Waals surface area contributed by atoms with Crippen LogP contribution < -0.4 is 20.4 Å². The van der Waals surface area contributed by atoms with Crippen molar-refractivity contribution < 1.29 is 0 Å². The number of aromatic nitrogens is 3. The number of anilines is 4. The zero-order valence-electron chi connectivity index (χ0n) is 15.4. The molecule has 0 spiro atoms. The highest BCUT2D eigenvalue weighted by atomic mass is 15.3. The zero-order chi connectivity index (χ0) is 17.9. The fourth-order valence-electron chi connectivity index (χ4n) is 3.79. The third-order valence-corrected chi connectivity index (χ3v) is 5.48. The third-order valence-electron chi connectivity index (χ3n) is 5.48. The van der Waals surface area contributed by atoms with Crippen molar-refractivity contribution in [1.29, 1.82) is 0 Å². The highest BCUT2D eigenvalue weighted by molar-refractivity contribution is 5.76. The highest BCUT2D eigenvalue weighted by Gasteiger charge is 2.25. The summed E-state index contributed by atoms with van der Waals surface area (Å²) < 4.78 is 0. The lowest BCUT2D eigenvalue weighted by Gasteiger charge is -2.37. The molecule has 0 amide bonds. The standard InChI is InChI=1S/C19H27N7/c1-15-5-8-25(9-6-15)18-17(20)19(23-14-22-18)26-12-10-24(11-13-26)16-4-2-3-7-21-16/h2-4,7,14-15H,5-6,8-13,20H2,1H3. The molecular weight excluding hydrogens is 326 g/mol. The third kappa shape index (κ3) is 3.38. The van der Waals surface area contributed by atoms with Crippen LogP contribution in [0.1, 0.15) is 19.8 Å². The van der Waals surface area contributed by atoms with Crippen molar-refractivity contribution in [2.24, 2.45) is 5.92 Å². The molecule has 0 radical (unpaired) electrons. The summed E-state index contributed by atoms with van der Waals surface area (Å²) in [6.45, 7) is 7.95. The molecule has 7 heteroatoms. The second kappa shape index (κ2) is 7.35. The van der Waals surface area contributed by atoms with Gasteiger partial charge < -0.3 is 20.4 Å². The van der Waals surface area contributed by atoms with E-state index in [1.807, 2.05) is 18.3 Å². The Kier molecular flexibility index (Phi) is 4.77. The average molecular weight is 353 g/mol. The summed E-state index contributed by atoms with van der Waals surface area (Å²) in [5.41, 5.74) is 7.21. The van der Waals surface area contributed by atoms with Gasteiger partial charge in [0.2, 0.25) is 0 Å². The van der Waals surface area contributed by atoms with Gasteiger partial charge in [-0.05, 0) is 30.9 Å². The van der Waals surface area contributed by atoms with Crippen LogP contribution in [0.25, 0.3) is 0 Å². The summed E-state index contributed by atoms with van der Waals surface area (Å²) in [6.07, 6.45) is 5.89. The Labute approximate surface area is 154 Å². The number of pyridine rings is 1. The molecule has 2 aromatic heterocycles. The molecule has 2 saturated heterocycles. The molecule has 138 valence electrons. The molecule has 2 aliphatic rings. The van der Waals surface area contributed by atoms with Gasteiger partial charge in [0.25, 0.3) is 0 Å². The topological polar surface area (TPSA) is 74.4 Å². The predicted octanol–water partition coefficient (Wildman–Crippen LogP) is 2.02. The number of hydrogen-bond acceptors (Lipinski definition) is 7. The number of nitrogens with two attached hydrogens (primary N) is 1. The van der Waals surface area contributed by atoms with Crippen molar-refractivity contribution in [2.75, 3.05) is 59.7 Å². The summed E-state index contributed by atoms with van der Waals surface area (Å²) in [7, 11) is 0. The number of piperidine rings is 1. The Bertz CT molecular complexity index is 720. The van der Waals surface area contributed by atoms with Crippen molar-refractivity contribution in [3.63, 3.8) is 0 Å². The second-order valence-corrected chi connectivity index (χ2v) is 7.27. The predicted molar refractivity (Wildman–Crippen MR) is 106 cm³/mol. The molecule has 2 aromatic rings. The van der Waals surface area contributed by atoms with Crippen molar-refractivity contribution in [1.82, 2.24) is 15.0 Å². The fourth-order valence-corrected chi connectivity index (χ4v) is 3.79. The highest BCUT2D eigenvalue weighted by Crippen LogP contribution is 2.32. The Morgan fingerprint density at radius 1 is 0.846 bits per heavy atom. The van der Waals surface area contributed by atoms with E-state index in [0.717, 1.165) is 62.6 Å². The smallest absolute Gasteiger partial charge is 0.157 e. The van der Waals surface area contributed by atoms with Crippen LogP contribution in [0.4, 0.5) is 23.1 Å². The van der Waals surface area contributed by atoms with Crippen LogP contribution in [0.5, 0.6) is 0 Å². The van der Waals surface area contributed by atoms with Gasteiger partial charge in [0, 0.05) is 45.5 Å². The Hall–Kier alpha value is -2.57. The molecule has 0 atom stereocenters. The minimum Gasteiger partial charge on any atom is -0.393 e. The van der Waals surface area contributed by atoms with Crippen LogP contribution in [-0.4, -0.2) is 54.2 Å². The summed E-state index contributed by atoms with van der Waals surface area (Å²) in [5, 5.41) is 0. The number of nitrogens with zero attached hydrogens (tertiary/aromatic N) is 6. The normalized spacial score (nSPS) is 19.0. The van der Waals surface area contributed by atoms with E-state index in [-0.39, 0.29) is 0 Å². The Balaban J connectivity index is 1.46. The molecule has 0 aliphatic carbocycles. The molecule has 0 aromatic carbocycles. The van der Waals surface area contributed by atoms with Crippen LogP contribution in [0.15, 0.2) is 30.7 Å². The molecule has 7 nitrogen and oxygen atoms in total. The van der Waals surface area contributed by atoms with E-state index in [2.05, 4.69) is 42.6 Å². The van der Waals surface area contributed by atoms with E-state index < -0.39 is 0 Å². The van der Waals surface area contributed by atoms with Gasteiger partial charge in [-0.2, -0.15) is 0 Å². The van der Waals surface area contributed by atoms with Crippen molar-refractivity contribution in [3.05, 3.63) is 30.7 Å². The first kappa shape index (κ1) is 16.9. The molecular formula is C19H27N7. The molecule has 0 unspecified atom stereocenters. The van der Waals surface area contributed by atoms with Gasteiger partial charge in [0.1, 0.15) is 17.8 Å². The van der Waals surface area contributed by atoms with Gasteiger partial charge in [0.05, 0.1) is 0 Å². The largest absolute Gasteiger partial charge is 0.393 e. The first-order valence-electron chi connectivity index (χ1n) is 9.48. The summed E-state index contributed by atoms with van der Waals surface area (Å²) >= 11 is 0. The van der Waals surface area contributed by atoms with Gasteiger partial charge >= 0.3 is 0 Å². The maximum absolute atomic E-state index is 6.49. The molecule has 0 saturated carbocycles. The molecule has 26 heavy (non-hydrogen) atoms. The molecule has 0 bridgehead atoms. The van der Waals surface area contributed by atoms with Crippen LogP contribution in [0, 0.1) is 5.92 Å². The van der Waals surface area contributed by atoms with E-state index in [0.29, 0.717) is 5.69 Å². The first-order chi connectivity index (χ1) is 12.7. The number of piperazine rings is 1. The van der Waals surface area contributed by atoms with Gasteiger partial charge in [0.15, 0.2) is 11.6 Å². The second-order valence-electron chi connectivity index (χ2n) is 7.27. The SMILES string of the molecule is CC1CCN(c2ncnc(N3CCN(c4ccccn4)CC3)c2N)CC1. The number of hydrogen-bond donors (Lipinski definition) is 1. The van der Waals surface area contributed by atoms with E-state index >= 15 is 0 Å². The minimum atomic E-state index is 0.716. The lowest BCUT2D eigenvalue weighted by molar-refractivity contribution is 0.437. The fraction of sp³-hybridized carbons (Fsp3) is 0.526. The van der Waals surface area contributed by atoms with Crippen LogP contribution >= 0.6 is 0 Å². The van der Waals surface area contributed by atoms with E-state index in [1.54, 1.807) is 6.33 Å². The molecule has 4 rings (SSSR count). The van der Waals surface area contributed by atoms with E-state index in [1.165, 1.54) is 12.8 Å².